The van der Waals surface area contributed by atoms with Crippen LogP contribution in [-0.4, -0.2) is 53.2 Å². The van der Waals surface area contributed by atoms with E-state index in [0.29, 0.717) is 23.6 Å². The van der Waals surface area contributed by atoms with Crippen LogP contribution >= 0.6 is 0 Å². The van der Waals surface area contributed by atoms with E-state index in [1.807, 2.05) is 6.07 Å². The fourth-order valence-corrected chi connectivity index (χ4v) is 4.99. The molecule has 2 atom stereocenters. The van der Waals surface area contributed by atoms with Gasteiger partial charge in [-0.15, -0.1) is 0 Å². The summed E-state index contributed by atoms with van der Waals surface area (Å²) in [5, 5.41) is 9.34. The van der Waals surface area contributed by atoms with Crippen molar-refractivity contribution in [3.05, 3.63) is 34.9 Å². The molecule has 0 radical (unpaired) electrons. The average molecular weight is 396 g/mol. The lowest BCUT2D eigenvalue weighted by Crippen LogP contribution is -2.54. The van der Waals surface area contributed by atoms with Gasteiger partial charge in [-0.3, -0.25) is 29.4 Å². The molecule has 1 aromatic carbocycles. The van der Waals surface area contributed by atoms with E-state index in [0.717, 1.165) is 30.0 Å². The highest BCUT2D eigenvalue weighted by atomic mass is 16.2. The van der Waals surface area contributed by atoms with Gasteiger partial charge in [-0.1, -0.05) is 12.1 Å². The monoisotopic (exact) mass is 396 g/mol. The van der Waals surface area contributed by atoms with Gasteiger partial charge in [0.1, 0.15) is 6.04 Å². The second-order valence-electron chi connectivity index (χ2n) is 8.50. The first-order valence-electron chi connectivity index (χ1n) is 10.3. The molecule has 3 N–H and O–H groups in total. The zero-order valence-electron chi connectivity index (χ0n) is 16.1. The Bertz CT molecular complexity index is 917. The minimum atomic E-state index is -0.933. The Kier molecular flexibility index (Phi) is 4.29. The highest BCUT2D eigenvalue weighted by molar-refractivity contribution is 6.24. The van der Waals surface area contributed by atoms with Crippen LogP contribution in [0.3, 0.4) is 0 Å². The molecule has 152 valence electrons. The van der Waals surface area contributed by atoms with Gasteiger partial charge in [-0.2, -0.15) is 0 Å². The van der Waals surface area contributed by atoms with Crippen molar-refractivity contribution in [2.45, 2.75) is 50.2 Å². The fraction of sp³-hybridized carbons (Fsp3) is 0.524. The van der Waals surface area contributed by atoms with Gasteiger partial charge in [0.25, 0.3) is 11.8 Å². The van der Waals surface area contributed by atoms with Gasteiger partial charge in [0.05, 0.1) is 11.1 Å². The summed E-state index contributed by atoms with van der Waals surface area (Å²) in [4.78, 5) is 50.8. The number of fused-ring (bicyclic) bond motifs is 1. The molecule has 29 heavy (non-hydrogen) atoms. The third-order valence-electron chi connectivity index (χ3n) is 6.73. The number of amides is 4. The topological polar surface area (TPSA) is 108 Å². The number of carbonyl (C=O) groups is 4. The van der Waals surface area contributed by atoms with Crippen LogP contribution in [0.1, 0.15) is 58.4 Å². The molecule has 8 heteroatoms. The van der Waals surface area contributed by atoms with Crippen LogP contribution in [-0.2, 0) is 16.1 Å². The van der Waals surface area contributed by atoms with Crippen LogP contribution < -0.4 is 16.0 Å². The predicted octanol–water partition coefficient (Wildman–Crippen LogP) is 0.320. The molecule has 0 spiro atoms. The summed E-state index contributed by atoms with van der Waals surface area (Å²) in [6, 6.07) is 4.36. The van der Waals surface area contributed by atoms with E-state index in [4.69, 9.17) is 0 Å². The van der Waals surface area contributed by atoms with Crippen LogP contribution in [0.25, 0.3) is 0 Å². The van der Waals surface area contributed by atoms with E-state index in [1.54, 1.807) is 12.1 Å². The summed E-state index contributed by atoms with van der Waals surface area (Å²) in [6.45, 7) is 2.41. The summed E-state index contributed by atoms with van der Waals surface area (Å²) in [5.41, 5.74) is 1.55. The normalized spacial score (nSPS) is 29.4. The van der Waals surface area contributed by atoms with Crippen molar-refractivity contribution in [2.75, 3.05) is 13.1 Å². The van der Waals surface area contributed by atoms with Crippen LogP contribution in [0, 0.1) is 5.92 Å². The molecule has 1 saturated carbocycles. The third-order valence-corrected chi connectivity index (χ3v) is 6.73. The largest absolute Gasteiger partial charge is 0.315 e. The lowest BCUT2D eigenvalue weighted by Gasteiger charge is -2.30. The van der Waals surface area contributed by atoms with Crippen molar-refractivity contribution in [1.29, 1.82) is 0 Å². The molecule has 4 aliphatic rings. The van der Waals surface area contributed by atoms with E-state index >= 15 is 0 Å². The predicted molar refractivity (Wildman–Crippen MR) is 103 cm³/mol. The zero-order valence-corrected chi connectivity index (χ0v) is 16.1. The number of hydrogen-bond acceptors (Lipinski definition) is 6. The number of nitrogens with zero attached hydrogens (tertiary/aromatic N) is 1. The Morgan fingerprint density at radius 1 is 1.10 bits per heavy atom. The number of piperidine rings is 1. The fourth-order valence-electron chi connectivity index (χ4n) is 4.99. The van der Waals surface area contributed by atoms with Gasteiger partial charge in [-0.05, 0) is 49.8 Å². The maximum atomic E-state index is 13.2. The lowest BCUT2D eigenvalue weighted by molar-refractivity contribution is -0.136. The van der Waals surface area contributed by atoms with Crippen molar-refractivity contribution in [3.8, 4) is 0 Å². The molecule has 2 unspecified atom stereocenters. The highest BCUT2D eigenvalue weighted by Gasteiger charge is 2.48. The second kappa shape index (κ2) is 6.74. The molecular weight excluding hydrogens is 372 g/mol. The smallest absolute Gasteiger partial charge is 0.262 e. The number of nitrogens with one attached hydrogen (secondary N) is 3. The summed E-state index contributed by atoms with van der Waals surface area (Å²) in [7, 11) is 0. The first-order valence-corrected chi connectivity index (χ1v) is 10.3. The summed E-state index contributed by atoms with van der Waals surface area (Å²) in [5.74, 6) is -1.20. The second-order valence-corrected chi connectivity index (χ2v) is 8.50. The van der Waals surface area contributed by atoms with E-state index in [9.17, 15) is 19.2 Å². The van der Waals surface area contributed by atoms with Crippen LogP contribution in [0.15, 0.2) is 18.2 Å². The third kappa shape index (κ3) is 2.98. The van der Waals surface area contributed by atoms with Crippen LogP contribution in [0.2, 0.25) is 0 Å². The standard InChI is InChI=1S/C21H24N4O4/c26-16-7-6-15(18(27)24-16)25-19(28)14-3-1-2-12(17(14)20(25)29)10-23-21(13-4-5-13)8-9-22-11-21/h1-3,13,15,22-23H,4-11H2,(H,24,26,27). The van der Waals surface area contributed by atoms with Gasteiger partial charge in [0, 0.05) is 25.0 Å². The molecule has 3 aliphatic heterocycles. The molecule has 0 bridgehead atoms. The van der Waals surface area contributed by atoms with Crippen LogP contribution in [0.4, 0.5) is 0 Å². The number of imide groups is 2. The Balaban J connectivity index is 1.40. The number of carbonyl (C=O) groups excluding carboxylic acids is 4. The van der Waals surface area contributed by atoms with Crippen molar-refractivity contribution < 1.29 is 19.2 Å². The molecule has 8 nitrogen and oxygen atoms in total. The van der Waals surface area contributed by atoms with Crippen molar-refractivity contribution >= 4 is 23.6 Å². The van der Waals surface area contributed by atoms with Gasteiger partial charge >= 0.3 is 0 Å². The first kappa shape index (κ1) is 18.4. The molecular formula is C21H24N4O4. The molecule has 2 saturated heterocycles. The molecule has 1 aliphatic carbocycles. The minimum absolute atomic E-state index is 0.0533. The Labute approximate surface area is 168 Å². The number of benzene rings is 1. The van der Waals surface area contributed by atoms with Gasteiger partial charge in [0.2, 0.25) is 11.8 Å². The highest BCUT2D eigenvalue weighted by Crippen LogP contribution is 2.43. The SMILES string of the molecule is O=C1CCC(N2C(=O)c3cccc(CNC4(C5CC5)CCNC4)c3C2=O)C(=O)N1. The van der Waals surface area contributed by atoms with E-state index in [2.05, 4.69) is 16.0 Å². The van der Waals surface area contributed by atoms with E-state index in [-0.39, 0.29) is 24.3 Å². The molecule has 0 aromatic heterocycles. The quantitative estimate of drug-likeness (QED) is 0.619. The van der Waals surface area contributed by atoms with E-state index in [1.165, 1.54) is 12.8 Å². The zero-order chi connectivity index (χ0) is 20.2. The van der Waals surface area contributed by atoms with Gasteiger partial charge in [0.15, 0.2) is 0 Å². The van der Waals surface area contributed by atoms with Gasteiger partial charge in [-0.25, -0.2) is 0 Å². The summed E-state index contributed by atoms with van der Waals surface area (Å²) < 4.78 is 0. The van der Waals surface area contributed by atoms with Crippen LogP contribution in [0.5, 0.6) is 0 Å². The number of rotatable bonds is 5. The Hall–Kier alpha value is -2.58. The summed E-state index contributed by atoms with van der Waals surface area (Å²) in [6.07, 6.45) is 3.79. The number of hydrogen-bond donors (Lipinski definition) is 3. The van der Waals surface area contributed by atoms with Crippen molar-refractivity contribution in [3.63, 3.8) is 0 Å². The molecule has 4 amide bonds. The maximum absolute atomic E-state index is 13.2. The minimum Gasteiger partial charge on any atom is -0.315 e. The lowest BCUT2D eigenvalue weighted by atomic mass is 9.91. The summed E-state index contributed by atoms with van der Waals surface area (Å²) >= 11 is 0. The molecule has 3 fully saturated rings. The first-order chi connectivity index (χ1) is 14.0. The van der Waals surface area contributed by atoms with Gasteiger partial charge < -0.3 is 10.6 Å². The van der Waals surface area contributed by atoms with Crippen molar-refractivity contribution in [2.24, 2.45) is 5.92 Å². The Morgan fingerprint density at radius 2 is 1.93 bits per heavy atom. The average Bonchev–Trinajstić information content (AvgIpc) is 3.41. The van der Waals surface area contributed by atoms with E-state index < -0.39 is 23.8 Å². The molecule has 3 heterocycles. The van der Waals surface area contributed by atoms with Crippen molar-refractivity contribution in [1.82, 2.24) is 20.9 Å². The molecule has 5 rings (SSSR count). The Morgan fingerprint density at radius 3 is 2.62 bits per heavy atom. The maximum Gasteiger partial charge on any atom is 0.262 e. The molecule has 1 aromatic rings.